The van der Waals surface area contributed by atoms with Crippen LogP contribution in [-0.2, 0) is 17.4 Å². The number of alkyl halides is 4. The normalized spacial score (nSPS) is 19.4. The zero-order valence-corrected chi connectivity index (χ0v) is 14.8. The van der Waals surface area contributed by atoms with Crippen molar-refractivity contribution in [3.8, 4) is 17.3 Å². The standard InChI is InChI=1S/C20H17F4N3O/c21-16-8-18(27-11-16)19(28)6-3-13-7-17(26-10-14(13)9-25)12-1-4-15(5-2-12)20(22,23)24/h1-2,4-5,7,10,16,18,27H,3,6,8,11H2/t16-,18?/m1/s1. The monoisotopic (exact) mass is 391 g/mol. The molecular formula is C20H17F4N3O. The number of ketones is 1. The number of nitriles is 1. The molecule has 2 aromatic rings. The molecule has 0 spiro atoms. The number of nitrogens with one attached hydrogen (secondary N) is 1. The molecular weight excluding hydrogens is 374 g/mol. The number of hydrogen-bond donors (Lipinski definition) is 1. The quantitative estimate of drug-likeness (QED) is 0.787. The van der Waals surface area contributed by atoms with Crippen LogP contribution in [-0.4, -0.2) is 29.5 Å². The Bertz CT molecular complexity index is 903. The van der Waals surface area contributed by atoms with Crippen molar-refractivity contribution < 1.29 is 22.4 Å². The molecule has 0 amide bonds. The van der Waals surface area contributed by atoms with E-state index in [1.54, 1.807) is 6.07 Å². The van der Waals surface area contributed by atoms with Gasteiger partial charge in [0, 0.05) is 31.1 Å². The number of aromatic nitrogens is 1. The smallest absolute Gasteiger partial charge is 0.304 e. The summed E-state index contributed by atoms with van der Waals surface area (Å²) in [6.45, 7) is 0.160. The van der Waals surface area contributed by atoms with Crippen LogP contribution < -0.4 is 5.32 Å². The van der Waals surface area contributed by atoms with Crippen LogP contribution in [0.25, 0.3) is 11.3 Å². The Hall–Kier alpha value is -2.79. The maximum atomic E-state index is 13.2. The molecule has 1 aliphatic rings. The van der Waals surface area contributed by atoms with Crippen LogP contribution in [0.15, 0.2) is 36.5 Å². The number of Topliss-reactive ketones (excluding diaryl/α,β-unsaturated/α-hetero) is 1. The number of benzene rings is 1. The van der Waals surface area contributed by atoms with Crippen molar-refractivity contribution in [1.82, 2.24) is 10.3 Å². The highest BCUT2D eigenvalue weighted by Gasteiger charge is 2.30. The lowest BCUT2D eigenvalue weighted by atomic mass is 9.98. The van der Waals surface area contributed by atoms with E-state index in [1.165, 1.54) is 18.3 Å². The van der Waals surface area contributed by atoms with Gasteiger partial charge in [0.2, 0.25) is 0 Å². The fraction of sp³-hybridized carbons (Fsp3) is 0.350. The lowest BCUT2D eigenvalue weighted by Gasteiger charge is -2.11. The largest absolute Gasteiger partial charge is 0.416 e. The topological polar surface area (TPSA) is 65.8 Å². The minimum absolute atomic E-state index is 0.128. The van der Waals surface area contributed by atoms with Crippen molar-refractivity contribution in [3.63, 3.8) is 0 Å². The summed E-state index contributed by atoms with van der Waals surface area (Å²) in [5.41, 5.74) is 1.01. The van der Waals surface area contributed by atoms with Gasteiger partial charge in [0.25, 0.3) is 0 Å². The first-order valence-electron chi connectivity index (χ1n) is 8.74. The number of nitrogens with zero attached hydrogens (tertiary/aromatic N) is 2. The Morgan fingerprint density at radius 3 is 2.57 bits per heavy atom. The lowest BCUT2D eigenvalue weighted by molar-refractivity contribution is -0.137. The van der Waals surface area contributed by atoms with Gasteiger partial charge in [-0.2, -0.15) is 18.4 Å². The summed E-state index contributed by atoms with van der Waals surface area (Å²) in [6.07, 6.45) is -3.55. The third-order valence-electron chi connectivity index (χ3n) is 4.72. The molecule has 1 aliphatic heterocycles. The van der Waals surface area contributed by atoms with E-state index >= 15 is 0 Å². The van der Waals surface area contributed by atoms with Crippen LogP contribution in [0.1, 0.15) is 29.5 Å². The number of carbonyl (C=O) groups is 1. The molecule has 0 bridgehead atoms. The summed E-state index contributed by atoms with van der Waals surface area (Å²) in [5.74, 6) is -0.128. The summed E-state index contributed by atoms with van der Waals surface area (Å²) in [5, 5.41) is 12.1. The highest BCUT2D eigenvalue weighted by atomic mass is 19.4. The summed E-state index contributed by atoms with van der Waals surface area (Å²) in [7, 11) is 0. The summed E-state index contributed by atoms with van der Waals surface area (Å²) < 4.78 is 51.3. The lowest BCUT2D eigenvalue weighted by Crippen LogP contribution is -2.30. The number of hydrogen-bond acceptors (Lipinski definition) is 4. The van der Waals surface area contributed by atoms with Gasteiger partial charge >= 0.3 is 6.18 Å². The predicted octanol–water partition coefficient (Wildman–Crippen LogP) is 3.84. The molecule has 4 nitrogen and oxygen atoms in total. The van der Waals surface area contributed by atoms with Gasteiger partial charge in [-0.15, -0.1) is 0 Å². The second-order valence-corrected chi connectivity index (χ2v) is 6.67. The Labute approximate surface area is 159 Å². The van der Waals surface area contributed by atoms with Crippen LogP contribution in [0.2, 0.25) is 0 Å². The van der Waals surface area contributed by atoms with Gasteiger partial charge < -0.3 is 5.32 Å². The average molecular weight is 391 g/mol. The molecule has 1 N–H and O–H groups in total. The van der Waals surface area contributed by atoms with E-state index in [1.807, 2.05) is 6.07 Å². The number of carbonyl (C=O) groups excluding carboxylic acids is 1. The molecule has 2 atom stereocenters. The molecule has 1 aromatic carbocycles. The molecule has 28 heavy (non-hydrogen) atoms. The van der Waals surface area contributed by atoms with E-state index in [9.17, 15) is 27.6 Å². The first kappa shape index (κ1) is 20.0. The zero-order chi connectivity index (χ0) is 20.3. The molecule has 3 rings (SSSR count). The molecule has 1 saturated heterocycles. The molecule has 0 radical (unpaired) electrons. The Kier molecular flexibility index (Phi) is 5.75. The minimum Gasteiger partial charge on any atom is -0.304 e. The van der Waals surface area contributed by atoms with E-state index in [0.29, 0.717) is 22.4 Å². The number of rotatable bonds is 5. The van der Waals surface area contributed by atoms with Gasteiger partial charge in [-0.3, -0.25) is 9.78 Å². The molecule has 1 fully saturated rings. The van der Waals surface area contributed by atoms with E-state index in [2.05, 4.69) is 10.3 Å². The predicted molar refractivity (Wildman–Crippen MR) is 94.0 cm³/mol. The highest BCUT2D eigenvalue weighted by Crippen LogP contribution is 2.31. The summed E-state index contributed by atoms with van der Waals surface area (Å²) in [6, 6.07) is 7.66. The fourth-order valence-electron chi connectivity index (χ4n) is 3.16. The molecule has 146 valence electrons. The molecule has 1 unspecified atom stereocenters. The fourth-order valence-corrected chi connectivity index (χ4v) is 3.16. The minimum atomic E-state index is -4.42. The number of aryl methyl sites for hydroxylation is 1. The molecule has 2 heterocycles. The van der Waals surface area contributed by atoms with Gasteiger partial charge in [0.15, 0.2) is 0 Å². The van der Waals surface area contributed by atoms with Gasteiger partial charge in [-0.1, -0.05) is 12.1 Å². The third-order valence-corrected chi connectivity index (χ3v) is 4.72. The van der Waals surface area contributed by atoms with Gasteiger partial charge in [0.05, 0.1) is 22.9 Å². The molecule has 0 aliphatic carbocycles. The van der Waals surface area contributed by atoms with Crippen LogP contribution in [0, 0.1) is 11.3 Å². The van der Waals surface area contributed by atoms with Gasteiger partial charge in [-0.05, 0) is 30.2 Å². The van der Waals surface area contributed by atoms with Crippen molar-refractivity contribution in [2.75, 3.05) is 6.54 Å². The van der Waals surface area contributed by atoms with Crippen molar-refractivity contribution >= 4 is 5.78 Å². The van der Waals surface area contributed by atoms with Crippen molar-refractivity contribution in [3.05, 3.63) is 53.2 Å². The van der Waals surface area contributed by atoms with E-state index in [4.69, 9.17) is 0 Å². The van der Waals surface area contributed by atoms with Crippen LogP contribution in [0.5, 0.6) is 0 Å². The Balaban J connectivity index is 1.76. The summed E-state index contributed by atoms with van der Waals surface area (Å²) >= 11 is 0. The van der Waals surface area contributed by atoms with E-state index in [-0.39, 0.29) is 31.6 Å². The van der Waals surface area contributed by atoms with Crippen molar-refractivity contribution in [1.29, 1.82) is 5.26 Å². The molecule has 1 aromatic heterocycles. The van der Waals surface area contributed by atoms with Gasteiger partial charge in [-0.25, -0.2) is 4.39 Å². The SMILES string of the molecule is N#Cc1cnc(-c2ccc(C(F)(F)F)cc2)cc1CCC(=O)C1C[C@@H](F)CN1. The van der Waals surface area contributed by atoms with Crippen LogP contribution in [0.3, 0.4) is 0 Å². The highest BCUT2D eigenvalue weighted by molar-refractivity contribution is 5.84. The van der Waals surface area contributed by atoms with Crippen molar-refractivity contribution in [2.24, 2.45) is 0 Å². The van der Waals surface area contributed by atoms with Gasteiger partial charge in [0.1, 0.15) is 18.0 Å². The second-order valence-electron chi connectivity index (χ2n) is 6.67. The maximum Gasteiger partial charge on any atom is 0.416 e. The van der Waals surface area contributed by atoms with Crippen molar-refractivity contribution in [2.45, 2.75) is 37.7 Å². The molecule has 0 saturated carbocycles. The van der Waals surface area contributed by atoms with Crippen LogP contribution in [0.4, 0.5) is 17.6 Å². The number of halogens is 4. The van der Waals surface area contributed by atoms with E-state index in [0.717, 1.165) is 12.1 Å². The molecule has 8 heteroatoms. The Morgan fingerprint density at radius 1 is 1.29 bits per heavy atom. The second kappa shape index (κ2) is 8.07. The number of pyridine rings is 1. The first-order chi connectivity index (χ1) is 13.3. The van der Waals surface area contributed by atoms with E-state index < -0.39 is 24.0 Å². The van der Waals surface area contributed by atoms with Crippen LogP contribution >= 0.6 is 0 Å². The maximum absolute atomic E-state index is 13.2. The summed E-state index contributed by atoms with van der Waals surface area (Å²) in [4.78, 5) is 16.4. The first-order valence-corrected chi connectivity index (χ1v) is 8.74. The Morgan fingerprint density at radius 2 is 2.00 bits per heavy atom. The average Bonchev–Trinajstić information content (AvgIpc) is 3.11. The zero-order valence-electron chi connectivity index (χ0n) is 14.8. The third kappa shape index (κ3) is 4.54.